The van der Waals surface area contributed by atoms with Crippen LogP contribution in [0.15, 0.2) is 55.1 Å². The Bertz CT molecular complexity index is 1290. The fourth-order valence-electron chi connectivity index (χ4n) is 5.37. The first kappa shape index (κ1) is 24.0. The summed E-state index contributed by atoms with van der Waals surface area (Å²) in [6, 6.07) is 12.3. The molecular formula is C26H27ClN6O3. The lowest BCUT2D eigenvalue weighted by Gasteiger charge is -2.46. The quantitative estimate of drug-likeness (QED) is 0.580. The standard InChI is InChI=1S/C26H27ClN6O3/c1-18(34)30-20-6-9-23(27)22(14-20)25(36)31-12-2-10-26(15-31)11-3-13-33(26)24(35)19-4-7-21(8-5-19)32-16-28-29-17-32/h4-9,14,16-17H,2-3,10-13,15H2,1H3,(H,30,34). The predicted molar refractivity (Wildman–Crippen MR) is 135 cm³/mol. The Labute approximate surface area is 214 Å². The molecule has 5 rings (SSSR count). The van der Waals surface area contributed by atoms with Gasteiger partial charge in [-0.15, -0.1) is 10.2 Å². The zero-order chi connectivity index (χ0) is 25.3. The maximum absolute atomic E-state index is 13.6. The van der Waals surface area contributed by atoms with E-state index in [9.17, 15) is 14.4 Å². The second-order valence-electron chi connectivity index (χ2n) is 9.41. The summed E-state index contributed by atoms with van der Waals surface area (Å²) < 4.78 is 1.78. The molecule has 3 aromatic rings. The number of likely N-dealkylation sites (tertiary alicyclic amines) is 2. The Morgan fingerprint density at radius 3 is 2.33 bits per heavy atom. The molecule has 1 spiro atoms. The fraction of sp³-hybridized carbons (Fsp3) is 0.346. The van der Waals surface area contributed by atoms with Gasteiger partial charge in [-0.2, -0.15) is 0 Å². The first-order valence-electron chi connectivity index (χ1n) is 12.0. The van der Waals surface area contributed by atoms with Crippen molar-refractivity contribution < 1.29 is 14.4 Å². The van der Waals surface area contributed by atoms with Crippen LogP contribution in [0.4, 0.5) is 5.69 Å². The van der Waals surface area contributed by atoms with Crippen LogP contribution in [-0.2, 0) is 4.79 Å². The molecule has 3 amide bonds. The fourth-order valence-corrected chi connectivity index (χ4v) is 5.57. The van der Waals surface area contributed by atoms with E-state index in [4.69, 9.17) is 11.6 Å². The molecule has 0 bridgehead atoms. The van der Waals surface area contributed by atoms with Crippen LogP contribution in [0.1, 0.15) is 53.3 Å². The summed E-state index contributed by atoms with van der Waals surface area (Å²) in [6.07, 6.45) is 6.61. The van der Waals surface area contributed by atoms with Crippen LogP contribution in [0.3, 0.4) is 0 Å². The minimum Gasteiger partial charge on any atom is -0.336 e. The highest BCUT2D eigenvalue weighted by molar-refractivity contribution is 6.34. The summed E-state index contributed by atoms with van der Waals surface area (Å²) >= 11 is 6.37. The lowest BCUT2D eigenvalue weighted by molar-refractivity contribution is -0.114. The van der Waals surface area contributed by atoms with Crippen molar-refractivity contribution in [2.24, 2.45) is 0 Å². The minimum atomic E-state index is -0.403. The molecule has 1 unspecified atom stereocenters. The number of halogens is 1. The van der Waals surface area contributed by atoms with Crippen molar-refractivity contribution in [2.75, 3.05) is 25.0 Å². The minimum absolute atomic E-state index is 0.0252. The molecule has 2 aromatic carbocycles. The van der Waals surface area contributed by atoms with E-state index in [1.807, 2.05) is 29.2 Å². The summed E-state index contributed by atoms with van der Waals surface area (Å²) in [4.78, 5) is 42.3. The number of piperidine rings is 1. The molecular weight excluding hydrogens is 480 g/mol. The Morgan fingerprint density at radius 1 is 0.944 bits per heavy atom. The highest BCUT2D eigenvalue weighted by atomic mass is 35.5. The zero-order valence-electron chi connectivity index (χ0n) is 20.0. The summed E-state index contributed by atoms with van der Waals surface area (Å²) in [6.45, 7) is 3.12. The summed E-state index contributed by atoms with van der Waals surface area (Å²) in [5, 5.41) is 10.7. The van der Waals surface area contributed by atoms with Gasteiger partial charge in [-0.25, -0.2) is 0 Å². The molecule has 36 heavy (non-hydrogen) atoms. The molecule has 2 aliphatic heterocycles. The lowest BCUT2D eigenvalue weighted by Crippen LogP contribution is -2.58. The van der Waals surface area contributed by atoms with Crippen molar-refractivity contribution >= 4 is 35.0 Å². The Kier molecular flexibility index (Phi) is 6.49. The second-order valence-corrected chi connectivity index (χ2v) is 9.81. The van der Waals surface area contributed by atoms with Crippen molar-refractivity contribution in [1.29, 1.82) is 0 Å². The Hall–Kier alpha value is -3.72. The van der Waals surface area contributed by atoms with E-state index in [1.165, 1.54) is 6.92 Å². The number of nitrogens with zero attached hydrogens (tertiary/aromatic N) is 5. The molecule has 0 aliphatic carbocycles. The monoisotopic (exact) mass is 506 g/mol. The van der Waals surface area contributed by atoms with Gasteiger partial charge in [0.25, 0.3) is 11.8 Å². The molecule has 3 heterocycles. The highest BCUT2D eigenvalue weighted by Gasteiger charge is 2.47. The number of nitrogens with one attached hydrogen (secondary N) is 1. The van der Waals surface area contributed by atoms with E-state index in [0.717, 1.165) is 31.4 Å². The summed E-state index contributed by atoms with van der Waals surface area (Å²) in [5.41, 5.74) is 1.96. The van der Waals surface area contributed by atoms with E-state index in [2.05, 4.69) is 15.5 Å². The molecule has 2 aliphatic rings. The topological polar surface area (TPSA) is 100 Å². The average Bonchev–Trinajstić information content (AvgIpc) is 3.55. The zero-order valence-corrected chi connectivity index (χ0v) is 20.7. The number of hydrogen-bond acceptors (Lipinski definition) is 5. The molecule has 2 saturated heterocycles. The van der Waals surface area contributed by atoms with Crippen molar-refractivity contribution in [2.45, 2.75) is 38.1 Å². The highest BCUT2D eigenvalue weighted by Crippen LogP contribution is 2.39. The number of carbonyl (C=O) groups is 3. The SMILES string of the molecule is CC(=O)Nc1ccc(Cl)c(C(=O)N2CCCC3(CCCN3C(=O)c3ccc(-n4cnnc4)cc3)C2)c1. The van der Waals surface area contributed by atoms with Gasteiger partial charge >= 0.3 is 0 Å². The van der Waals surface area contributed by atoms with Crippen molar-refractivity contribution in [3.63, 3.8) is 0 Å². The summed E-state index contributed by atoms with van der Waals surface area (Å²) in [5.74, 6) is -0.436. The summed E-state index contributed by atoms with van der Waals surface area (Å²) in [7, 11) is 0. The molecule has 1 aromatic heterocycles. The van der Waals surface area contributed by atoms with E-state index in [1.54, 1.807) is 40.3 Å². The van der Waals surface area contributed by atoms with E-state index < -0.39 is 5.54 Å². The van der Waals surface area contributed by atoms with Gasteiger partial charge < -0.3 is 15.1 Å². The third-order valence-corrected chi connectivity index (χ3v) is 7.36. The molecule has 1 atom stereocenters. The predicted octanol–water partition coefficient (Wildman–Crippen LogP) is 3.79. The van der Waals surface area contributed by atoms with Gasteiger partial charge in [0.15, 0.2) is 0 Å². The number of aromatic nitrogens is 3. The van der Waals surface area contributed by atoms with Gasteiger partial charge in [-0.05, 0) is 68.1 Å². The van der Waals surface area contributed by atoms with Crippen LogP contribution in [0.5, 0.6) is 0 Å². The van der Waals surface area contributed by atoms with Gasteiger partial charge in [-0.3, -0.25) is 19.0 Å². The number of amides is 3. The first-order chi connectivity index (χ1) is 17.4. The van der Waals surface area contributed by atoms with E-state index in [0.29, 0.717) is 41.5 Å². The Morgan fingerprint density at radius 2 is 1.64 bits per heavy atom. The van der Waals surface area contributed by atoms with Crippen molar-refractivity contribution in [3.8, 4) is 5.69 Å². The molecule has 2 fully saturated rings. The van der Waals surface area contributed by atoms with Crippen LogP contribution in [0.2, 0.25) is 5.02 Å². The molecule has 10 heteroatoms. The van der Waals surface area contributed by atoms with Crippen LogP contribution < -0.4 is 5.32 Å². The maximum atomic E-state index is 13.6. The Balaban J connectivity index is 1.35. The van der Waals surface area contributed by atoms with Gasteiger partial charge in [0.05, 0.1) is 16.1 Å². The molecule has 9 nitrogen and oxygen atoms in total. The van der Waals surface area contributed by atoms with E-state index >= 15 is 0 Å². The molecule has 1 N–H and O–H groups in total. The van der Waals surface area contributed by atoms with Crippen molar-refractivity contribution in [1.82, 2.24) is 24.6 Å². The molecule has 0 radical (unpaired) electrons. The third-order valence-electron chi connectivity index (χ3n) is 7.03. The number of rotatable bonds is 4. The number of carbonyl (C=O) groups excluding carboxylic acids is 3. The van der Waals surface area contributed by atoms with Crippen LogP contribution in [-0.4, -0.2) is 67.5 Å². The maximum Gasteiger partial charge on any atom is 0.255 e. The third kappa shape index (κ3) is 4.58. The van der Waals surface area contributed by atoms with Gasteiger partial charge in [0, 0.05) is 43.5 Å². The smallest absolute Gasteiger partial charge is 0.255 e. The number of anilines is 1. The van der Waals surface area contributed by atoms with Gasteiger partial charge in [-0.1, -0.05) is 11.6 Å². The van der Waals surface area contributed by atoms with E-state index in [-0.39, 0.29) is 17.7 Å². The van der Waals surface area contributed by atoms with Crippen molar-refractivity contribution in [3.05, 3.63) is 71.3 Å². The van der Waals surface area contributed by atoms with Gasteiger partial charge in [0.2, 0.25) is 5.91 Å². The van der Waals surface area contributed by atoms with Crippen LogP contribution in [0, 0.1) is 0 Å². The van der Waals surface area contributed by atoms with Crippen LogP contribution >= 0.6 is 11.6 Å². The van der Waals surface area contributed by atoms with Gasteiger partial charge in [0.1, 0.15) is 12.7 Å². The molecule has 0 saturated carbocycles. The first-order valence-corrected chi connectivity index (χ1v) is 12.4. The lowest BCUT2D eigenvalue weighted by atomic mass is 9.85. The van der Waals surface area contributed by atoms with Crippen LogP contribution in [0.25, 0.3) is 5.69 Å². The largest absolute Gasteiger partial charge is 0.336 e. The second kappa shape index (κ2) is 9.73. The molecule has 186 valence electrons. The number of hydrogen-bond donors (Lipinski definition) is 1. The normalized spacial score (nSPS) is 19.5. The number of benzene rings is 2. The average molecular weight is 507 g/mol.